The van der Waals surface area contributed by atoms with E-state index < -0.39 is 0 Å². The van der Waals surface area contributed by atoms with E-state index in [1.165, 1.54) is 76.2 Å². The highest BCUT2D eigenvalue weighted by atomic mass is 35.5. The fourth-order valence-corrected chi connectivity index (χ4v) is 6.76. The number of nitrogens with zero attached hydrogens (tertiary/aromatic N) is 4. The Balaban J connectivity index is 1.33. The number of thiocarbonyl (C=S) groups is 1. The van der Waals surface area contributed by atoms with Crippen molar-refractivity contribution in [2.24, 2.45) is 0 Å². The molecule has 6 nitrogen and oxygen atoms in total. The van der Waals surface area contributed by atoms with Crippen LogP contribution in [0.25, 0.3) is 0 Å². The average molecular weight is 555 g/mol. The zero-order valence-electron chi connectivity index (χ0n) is 22.7. The Hall–Kier alpha value is -2.12. The molecule has 1 aliphatic carbocycles. The minimum Gasteiger partial charge on any atom is -0.361 e. The van der Waals surface area contributed by atoms with Crippen molar-refractivity contribution in [3.05, 3.63) is 40.9 Å². The van der Waals surface area contributed by atoms with Gasteiger partial charge in [-0.25, -0.2) is 0 Å². The normalized spacial score (nSPS) is 20.3. The van der Waals surface area contributed by atoms with E-state index in [2.05, 4.69) is 44.7 Å². The van der Waals surface area contributed by atoms with Gasteiger partial charge in [0, 0.05) is 49.2 Å². The first kappa shape index (κ1) is 27.4. The summed E-state index contributed by atoms with van der Waals surface area (Å²) < 4.78 is 0. The highest BCUT2D eigenvalue weighted by Crippen LogP contribution is 2.39. The molecular weight excluding hydrogens is 512 g/mol. The van der Waals surface area contributed by atoms with Crippen molar-refractivity contribution in [1.29, 1.82) is 0 Å². The maximum Gasteiger partial charge on any atom is 0.232 e. The fraction of sp³-hybridized carbons (Fsp3) is 0.633. The maximum atomic E-state index is 6.39. The van der Waals surface area contributed by atoms with E-state index >= 15 is 0 Å². The van der Waals surface area contributed by atoms with Crippen molar-refractivity contribution in [3.63, 3.8) is 0 Å². The van der Waals surface area contributed by atoms with Crippen molar-refractivity contribution in [1.82, 2.24) is 15.3 Å². The van der Waals surface area contributed by atoms with Crippen LogP contribution in [0.3, 0.4) is 0 Å². The number of nitrogens with one attached hydrogen (secondary N) is 2. The fourth-order valence-electron chi connectivity index (χ4n) is 6.41. The van der Waals surface area contributed by atoms with Gasteiger partial charge in [0.05, 0.1) is 0 Å². The molecule has 1 aromatic carbocycles. The Labute approximate surface area is 238 Å². The number of hydrogen-bond acceptors (Lipinski definition) is 5. The molecule has 38 heavy (non-hydrogen) atoms. The van der Waals surface area contributed by atoms with Crippen LogP contribution in [0.2, 0.25) is 5.02 Å². The van der Waals surface area contributed by atoms with E-state index in [0.29, 0.717) is 11.1 Å². The topological polar surface area (TPSA) is 56.3 Å². The minimum absolute atomic E-state index is 0.0425. The molecule has 3 fully saturated rings. The Morgan fingerprint density at radius 3 is 1.89 bits per heavy atom. The van der Waals surface area contributed by atoms with Crippen LogP contribution in [0.1, 0.15) is 89.0 Å². The Bertz CT molecular complexity index is 1020. The van der Waals surface area contributed by atoms with Crippen LogP contribution >= 0.6 is 23.8 Å². The lowest BCUT2D eigenvalue weighted by molar-refractivity contribution is 0.292. The number of anilines is 3. The van der Waals surface area contributed by atoms with Gasteiger partial charge >= 0.3 is 0 Å². The van der Waals surface area contributed by atoms with E-state index in [4.69, 9.17) is 33.8 Å². The number of benzene rings is 1. The van der Waals surface area contributed by atoms with Crippen LogP contribution < -0.4 is 20.4 Å². The predicted octanol–water partition coefficient (Wildman–Crippen LogP) is 7.08. The van der Waals surface area contributed by atoms with Gasteiger partial charge < -0.3 is 20.4 Å². The molecular formula is C30H43ClN6S. The summed E-state index contributed by atoms with van der Waals surface area (Å²) in [5.74, 6) is 2.65. The Morgan fingerprint density at radius 1 is 0.789 bits per heavy atom. The summed E-state index contributed by atoms with van der Waals surface area (Å²) in [6.45, 7) is 5.01. The van der Waals surface area contributed by atoms with E-state index in [1.54, 1.807) is 0 Å². The zero-order chi connectivity index (χ0) is 26.2. The van der Waals surface area contributed by atoms with Gasteiger partial charge in [-0.15, -0.1) is 0 Å². The van der Waals surface area contributed by atoms with Crippen LogP contribution in [-0.4, -0.2) is 47.8 Å². The smallest absolute Gasteiger partial charge is 0.232 e. The van der Waals surface area contributed by atoms with Crippen LogP contribution in [-0.2, 0) is 5.41 Å². The Morgan fingerprint density at radius 2 is 1.34 bits per heavy atom. The van der Waals surface area contributed by atoms with Gasteiger partial charge in [0.2, 0.25) is 5.95 Å². The lowest BCUT2D eigenvalue weighted by atomic mass is 9.69. The summed E-state index contributed by atoms with van der Waals surface area (Å²) in [5.41, 5.74) is 1.35. The molecule has 0 atom stereocenters. The lowest BCUT2D eigenvalue weighted by Crippen LogP contribution is -2.43. The van der Waals surface area contributed by atoms with Gasteiger partial charge in [-0.2, -0.15) is 9.97 Å². The van der Waals surface area contributed by atoms with E-state index in [1.807, 2.05) is 6.07 Å². The average Bonchev–Trinajstić information content (AvgIpc) is 3.38. The molecule has 1 aromatic heterocycles. The first-order valence-electron chi connectivity index (χ1n) is 14.8. The van der Waals surface area contributed by atoms with Crippen molar-refractivity contribution in [2.45, 2.75) is 88.9 Å². The predicted molar refractivity (Wildman–Crippen MR) is 164 cm³/mol. The minimum atomic E-state index is 0.0425. The molecule has 8 heteroatoms. The summed E-state index contributed by atoms with van der Waals surface area (Å²) in [6, 6.07) is 10.6. The molecule has 0 spiro atoms. The molecule has 3 heterocycles. The molecule has 5 rings (SSSR count). The van der Waals surface area contributed by atoms with Gasteiger partial charge in [-0.1, -0.05) is 68.7 Å². The molecule has 2 aromatic rings. The second-order valence-electron chi connectivity index (χ2n) is 11.4. The molecule has 0 radical (unpaired) electrons. The van der Waals surface area contributed by atoms with Gasteiger partial charge in [-0.05, 0) is 68.4 Å². The number of aromatic nitrogens is 2. The van der Waals surface area contributed by atoms with E-state index in [0.717, 1.165) is 62.2 Å². The van der Waals surface area contributed by atoms with Gasteiger partial charge in [0.1, 0.15) is 11.6 Å². The standard InChI is InChI=1S/C30H43ClN6S/c31-25-14-12-13-24(21-25)30(15-6-5-7-16-30)23-32-29(38)35-28-33-26(36-17-8-1-2-9-18-36)22-27(34-28)37-19-10-3-4-11-20-37/h12-14,21-22H,1-11,15-20,23H2,(H2,32,33,34,35,38). The zero-order valence-corrected chi connectivity index (χ0v) is 24.3. The first-order chi connectivity index (χ1) is 18.6. The molecule has 1 saturated carbocycles. The second kappa shape index (κ2) is 13.3. The van der Waals surface area contributed by atoms with Crippen LogP contribution in [0.4, 0.5) is 17.6 Å². The molecule has 2 aliphatic heterocycles. The van der Waals surface area contributed by atoms with Crippen LogP contribution in [0.5, 0.6) is 0 Å². The Kier molecular flexibility index (Phi) is 9.60. The van der Waals surface area contributed by atoms with Crippen molar-refractivity contribution >= 4 is 46.5 Å². The summed E-state index contributed by atoms with van der Waals surface area (Å²) in [6.07, 6.45) is 16.1. The summed E-state index contributed by atoms with van der Waals surface area (Å²) in [5, 5.41) is 8.31. The van der Waals surface area contributed by atoms with E-state index in [9.17, 15) is 0 Å². The summed E-state index contributed by atoms with van der Waals surface area (Å²) in [4.78, 5) is 14.8. The van der Waals surface area contributed by atoms with Crippen LogP contribution in [0.15, 0.2) is 30.3 Å². The number of rotatable bonds is 6. The van der Waals surface area contributed by atoms with Gasteiger partial charge in [0.15, 0.2) is 5.11 Å². The largest absolute Gasteiger partial charge is 0.361 e. The molecule has 2 N–H and O–H groups in total. The third-order valence-electron chi connectivity index (χ3n) is 8.62. The SMILES string of the molecule is S=C(NCC1(c2cccc(Cl)c2)CCCCC1)Nc1nc(N2CCCCCC2)cc(N2CCCCCC2)n1. The molecule has 2 saturated heterocycles. The summed E-state index contributed by atoms with van der Waals surface area (Å²) >= 11 is 12.2. The van der Waals surface area contributed by atoms with Crippen LogP contribution in [0, 0.1) is 0 Å². The van der Waals surface area contributed by atoms with Gasteiger partial charge in [0.25, 0.3) is 0 Å². The lowest BCUT2D eigenvalue weighted by Gasteiger charge is -2.38. The third kappa shape index (κ3) is 7.09. The quantitative estimate of drug-likeness (QED) is 0.370. The first-order valence-corrected chi connectivity index (χ1v) is 15.6. The highest BCUT2D eigenvalue weighted by Gasteiger charge is 2.34. The molecule has 0 unspecified atom stereocenters. The number of hydrogen-bond donors (Lipinski definition) is 2. The molecule has 3 aliphatic rings. The molecule has 0 bridgehead atoms. The molecule has 0 amide bonds. The van der Waals surface area contributed by atoms with Crippen molar-refractivity contribution in [3.8, 4) is 0 Å². The van der Waals surface area contributed by atoms with Crippen molar-refractivity contribution in [2.75, 3.05) is 47.8 Å². The monoisotopic (exact) mass is 554 g/mol. The third-order valence-corrected chi connectivity index (χ3v) is 9.10. The van der Waals surface area contributed by atoms with Crippen molar-refractivity contribution < 1.29 is 0 Å². The molecule has 206 valence electrons. The maximum absolute atomic E-state index is 6.39. The summed E-state index contributed by atoms with van der Waals surface area (Å²) in [7, 11) is 0. The van der Waals surface area contributed by atoms with Gasteiger partial charge in [-0.3, -0.25) is 0 Å². The number of halogens is 1. The second-order valence-corrected chi connectivity index (χ2v) is 12.2. The van der Waals surface area contributed by atoms with E-state index in [-0.39, 0.29) is 5.41 Å². The highest BCUT2D eigenvalue weighted by molar-refractivity contribution is 7.80.